The average Bonchev–Trinajstić information content (AvgIpc) is 2.91. The number of aromatic nitrogens is 2. The molecule has 8 heteroatoms. The third-order valence-corrected chi connectivity index (χ3v) is 3.46. The van der Waals surface area contributed by atoms with Crippen LogP contribution in [0.1, 0.15) is 18.3 Å². The van der Waals surface area contributed by atoms with Gasteiger partial charge in [-0.1, -0.05) is 11.2 Å². The molecule has 0 aliphatic carbocycles. The number of nitrogens with zero attached hydrogens (tertiary/aromatic N) is 3. The van der Waals surface area contributed by atoms with Crippen molar-refractivity contribution < 1.29 is 14.1 Å². The SMILES string of the molecule is Cc1cc(NC(=O)C(C)N(C)CC(=O)Nc2cccc(C)n2)on1. The van der Waals surface area contributed by atoms with E-state index < -0.39 is 6.04 Å². The van der Waals surface area contributed by atoms with Gasteiger partial charge in [-0.15, -0.1) is 0 Å². The summed E-state index contributed by atoms with van der Waals surface area (Å²) in [6.45, 7) is 5.37. The molecule has 8 nitrogen and oxygen atoms in total. The lowest BCUT2D eigenvalue weighted by Crippen LogP contribution is -2.43. The van der Waals surface area contributed by atoms with Crippen molar-refractivity contribution in [2.45, 2.75) is 26.8 Å². The van der Waals surface area contributed by atoms with Crippen molar-refractivity contribution in [1.82, 2.24) is 15.0 Å². The number of anilines is 2. The van der Waals surface area contributed by atoms with Crippen LogP contribution in [0.15, 0.2) is 28.8 Å². The molecule has 1 atom stereocenters. The van der Waals surface area contributed by atoms with Crippen LogP contribution in [0.4, 0.5) is 11.7 Å². The van der Waals surface area contributed by atoms with E-state index in [2.05, 4.69) is 20.8 Å². The molecule has 24 heavy (non-hydrogen) atoms. The molecule has 2 rings (SSSR count). The molecule has 2 N–H and O–H groups in total. The van der Waals surface area contributed by atoms with Gasteiger partial charge in [0.25, 0.3) is 0 Å². The van der Waals surface area contributed by atoms with Gasteiger partial charge in [0.1, 0.15) is 5.82 Å². The Balaban J connectivity index is 1.87. The smallest absolute Gasteiger partial charge is 0.243 e. The van der Waals surface area contributed by atoms with Crippen LogP contribution in [0.25, 0.3) is 0 Å². The molecule has 0 radical (unpaired) electrons. The zero-order chi connectivity index (χ0) is 17.7. The number of carbonyl (C=O) groups is 2. The number of hydrogen-bond donors (Lipinski definition) is 2. The van der Waals surface area contributed by atoms with Gasteiger partial charge in [0.05, 0.1) is 18.3 Å². The molecule has 0 spiro atoms. The van der Waals surface area contributed by atoms with E-state index in [1.165, 1.54) is 0 Å². The van der Waals surface area contributed by atoms with Crippen LogP contribution < -0.4 is 10.6 Å². The Hall–Kier alpha value is -2.74. The highest BCUT2D eigenvalue weighted by Gasteiger charge is 2.21. The summed E-state index contributed by atoms with van der Waals surface area (Å²) in [5, 5.41) is 9.03. The van der Waals surface area contributed by atoms with Crippen molar-refractivity contribution in [2.24, 2.45) is 0 Å². The second kappa shape index (κ2) is 7.69. The maximum Gasteiger partial charge on any atom is 0.243 e. The number of amides is 2. The second-order valence-corrected chi connectivity index (χ2v) is 5.63. The molecular formula is C16H21N5O3. The Kier molecular flexibility index (Phi) is 5.64. The number of likely N-dealkylation sites (N-methyl/N-ethyl adjacent to an activating group) is 1. The maximum absolute atomic E-state index is 12.2. The molecule has 0 saturated carbocycles. The zero-order valence-corrected chi connectivity index (χ0v) is 14.2. The zero-order valence-electron chi connectivity index (χ0n) is 14.2. The normalized spacial score (nSPS) is 12.0. The number of pyridine rings is 1. The summed E-state index contributed by atoms with van der Waals surface area (Å²) in [5.74, 6) is 0.245. The topological polar surface area (TPSA) is 100 Å². The second-order valence-electron chi connectivity index (χ2n) is 5.63. The van der Waals surface area contributed by atoms with Crippen LogP contribution in [0, 0.1) is 13.8 Å². The predicted molar refractivity (Wildman–Crippen MR) is 89.6 cm³/mol. The first-order valence-corrected chi connectivity index (χ1v) is 7.53. The summed E-state index contributed by atoms with van der Waals surface area (Å²) >= 11 is 0. The van der Waals surface area contributed by atoms with Gasteiger partial charge >= 0.3 is 0 Å². The minimum absolute atomic E-state index is 0.0552. The first-order chi connectivity index (χ1) is 11.3. The molecular weight excluding hydrogens is 310 g/mol. The lowest BCUT2D eigenvalue weighted by Gasteiger charge is -2.22. The Morgan fingerprint density at radius 1 is 1.25 bits per heavy atom. The number of carbonyl (C=O) groups excluding carboxylic acids is 2. The minimum Gasteiger partial charge on any atom is -0.338 e. The van der Waals surface area contributed by atoms with Crippen molar-refractivity contribution in [3.8, 4) is 0 Å². The van der Waals surface area contributed by atoms with E-state index in [0.717, 1.165) is 5.69 Å². The Morgan fingerprint density at radius 2 is 2.00 bits per heavy atom. The van der Waals surface area contributed by atoms with E-state index >= 15 is 0 Å². The molecule has 2 heterocycles. The Labute approximate surface area is 140 Å². The summed E-state index contributed by atoms with van der Waals surface area (Å²) < 4.78 is 4.95. The van der Waals surface area contributed by atoms with Gasteiger partial charge in [-0.3, -0.25) is 19.8 Å². The summed E-state index contributed by atoms with van der Waals surface area (Å²) in [4.78, 5) is 30.1. The summed E-state index contributed by atoms with van der Waals surface area (Å²) in [7, 11) is 1.69. The van der Waals surface area contributed by atoms with Gasteiger partial charge in [-0.2, -0.15) is 0 Å². The highest BCUT2D eigenvalue weighted by Crippen LogP contribution is 2.10. The summed E-state index contributed by atoms with van der Waals surface area (Å²) in [6.07, 6.45) is 0. The van der Waals surface area contributed by atoms with Crippen molar-refractivity contribution in [3.63, 3.8) is 0 Å². The fourth-order valence-electron chi connectivity index (χ4n) is 2.01. The summed E-state index contributed by atoms with van der Waals surface area (Å²) in [6, 6.07) is 6.48. The first kappa shape index (κ1) is 17.6. The quantitative estimate of drug-likeness (QED) is 0.833. The molecule has 0 fully saturated rings. The van der Waals surface area contributed by atoms with Gasteiger partial charge in [0.2, 0.25) is 17.7 Å². The lowest BCUT2D eigenvalue weighted by atomic mass is 10.2. The molecule has 0 aliphatic rings. The first-order valence-electron chi connectivity index (χ1n) is 7.53. The van der Waals surface area contributed by atoms with E-state index in [4.69, 9.17) is 4.52 Å². The Morgan fingerprint density at radius 3 is 2.62 bits per heavy atom. The molecule has 2 aromatic rings. The predicted octanol–water partition coefficient (Wildman–Crippen LogP) is 1.58. The van der Waals surface area contributed by atoms with E-state index in [9.17, 15) is 9.59 Å². The van der Waals surface area contributed by atoms with Crippen molar-refractivity contribution in [1.29, 1.82) is 0 Å². The number of aryl methyl sites for hydroxylation is 2. The molecule has 0 aromatic carbocycles. The standard InChI is InChI=1S/C16H21N5O3/c1-10-6-5-7-13(17-10)18-14(22)9-21(4)12(3)16(23)19-15-8-11(2)20-24-15/h5-8,12H,9H2,1-4H3,(H,19,23)(H,17,18,22). The van der Waals surface area contributed by atoms with Crippen LogP contribution in [-0.4, -0.2) is 46.5 Å². The monoisotopic (exact) mass is 331 g/mol. The van der Waals surface area contributed by atoms with Gasteiger partial charge in [-0.25, -0.2) is 4.98 Å². The lowest BCUT2D eigenvalue weighted by molar-refractivity contribution is -0.122. The van der Waals surface area contributed by atoms with Gasteiger partial charge in [-0.05, 0) is 40.0 Å². The third-order valence-electron chi connectivity index (χ3n) is 3.46. The molecule has 0 aliphatic heterocycles. The van der Waals surface area contributed by atoms with E-state index in [1.54, 1.807) is 37.9 Å². The van der Waals surface area contributed by atoms with E-state index in [1.807, 2.05) is 19.1 Å². The van der Waals surface area contributed by atoms with Gasteiger partial charge < -0.3 is 9.84 Å². The molecule has 1 unspecified atom stereocenters. The van der Waals surface area contributed by atoms with Gasteiger partial charge in [0, 0.05) is 11.8 Å². The largest absolute Gasteiger partial charge is 0.338 e. The van der Waals surface area contributed by atoms with Crippen LogP contribution in [0.5, 0.6) is 0 Å². The minimum atomic E-state index is -0.522. The van der Waals surface area contributed by atoms with E-state index in [-0.39, 0.29) is 24.2 Å². The van der Waals surface area contributed by atoms with Crippen LogP contribution >= 0.6 is 0 Å². The highest BCUT2D eigenvalue weighted by molar-refractivity contribution is 5.95. The number of hydrogen-bond acceptors (Lipinski definition) is 6. The van der Waals surface area contributed by atoms with Crippen molar-refractivity contribution in [3.05, 3.63) is 35.7 Å². The maximum atomic E-state index is 12.2. The fourth-order valence-corrected chi connectivity index (χ4v) is 2.01. The van der Waals surface area contributed by atoms with Crippen LogP contribution in [0.3, 0.4) is 0 Å². The molecule has 0 bridgehead atoms. The highest BCUT2D eigenvalue weighted by atomic mass is 16.5. The fraction of sp³-hybridized carbons (Fsp3) is 0.375. The van der Waals surface area contributed by atoms with E-state index in [0.29, 0.717) is 11.5 Å². The molecule has 0 saturated heterocycles. The van der Waals surface area contributed by atoms with Gasteiger partial charge in [0.15, 0.2) is 0 Å². The molecule has 2 aromatic heterocycles. The molecule has 128 valence electrons. The average molecular weight is 331 g/mol. The number of nitrogens with one attached hydrogen (secondary N) is 2. The van der Waals surface area contributed by atoms with Crippen LogP contribution in [0.2, 0.25) is 0 Å². The number of rotatable bonds is 6. The summed E-state index contributed by atoms with van der Waals surface area (Å²) in [5.41, 5.74) is 1.49. The molecule has 2 amide bonds. The Bertz CT molecular complexity index is 728. The van der Waals surface area contributed by atoms with Crippen LogP contribution in [-0.2, 0) is 9.59 Å². The van der Waals surface area contributed by atoms with Crippen molar-refractivity contribution >= 4 is 23.5 Å². The third kappa shape index (κ3) is 4.88. The van der Waals surface area contributed by atoms with Crippen molar-refractivity contribution in [2.75, 3.05) is 24.2 Å².